The molecule has 0 saturated heterocycles. The Kier molecular flexibility index (Phi) is 8.02. The minimum atomic E-state index is -4.63. The van der Waals surface area contributed by atoms with Gasteiger partial charge in [0.1, 0.15) is 17.6 Å². The normalized spacial score (nSPS) is 14.5. The van der Waals surface area contributed by atoms with Gasteiger partial charge in [-0.1, -0.05) is 24.6 Å². The molecule has 1 aliphatic carbocycles. The second kappa shape index (κ2) is 11.8. The molecule has 0 radical (unpaired) electrons. The van der Waals surface area contributed by atoms with Crippen molar-refractivity contribution in [1.82, 2.24) is 19.5 Å². The van der Waals surface area contributed by atoms with Crippen molar-refractivity contribution in [3.05, 3.63) is 84.4 Å². The summed E-state index contributed by atoms with van der Waals surface area (Å²) >= 11 is 0. The molecule has 0 aliphatic heterocycles. The molecule has 1 saturated carbocycles. The molecule has 8 nitrogen and oxygen atoms in total. The Balaban J connectivity index is 1.48. The summed E-state index contributed by atoms with van der Waals surface area (Å²) < 4.78 is 79.0. The number of hydrogen-bond acceptors (Lipinski definition) is 7. The number of alkyl halides is 3. The maximum absolute atomic E-state index is 13.6. The highest BCUT2D eigenvalue weighted by Gasteiger charge is 2.35. The molecule has 234 valence electrons. The zero-order valence-electron chi connectivity index (χ0n) is 24.9. The Morgan fingerprint density at radius 1 is 0.933 bits per heavy atom. The highest BCUT2D eigenvalue weighted by atomic mass is 32.2. The topological polar surface area (TPSA) is 100 Å². The smallest absolute Gasteiger partial charge is 0.434 e. The Hall–Kier alpha value is -4.45. The fourth-order valence-corrected chi connectivity index (χ4v) is 6.28. The van der Waals surface area contributed by atoms with Crippen molar-refractivity contribution in [2.45, 2.75) is 63.1 Å². The fraction of sp³-hybridized carbons (Fsp3) is 0.303. The summed E-state index contributed by atoms with van der Waals surface area (Å²) in [6.07, 6.45) is 4.66. The number of oxazole rings is 1. The number of halogens is 3. The zero-order chi connectivity index (χ0) is 31.9. The van der Waals surface area contributed by atoms with Gasteiger partial charge in [0.25, 0.3) is 0 Å². The van der Waals surface area contributed by atoms with Crippen LogP contribution in [-0.4, -0.2) is 40.3 Å². The zero-order valence-corrected chi connectivity index (χ0v) is 25.7. The second-order valence-corrected chi connectivity index (χ2v) is 13.3. The third-order valence-electron chi connectivity index (χ3n) is 7.85. The summed E-state index contributed by atoms with van der Waals surface area (Å²) in [4.78, 5) is 13.1. The lowest BCUT2D eigenvalue weighted by Crippen LogP contribution is -2.20. The minimum Gasteiger partial charge on any atom is -0.474 e. The number of nitrogens with zero attached hydrogens (tertiary/aromatic N) is 4. The van der Waals surface area contributed by atoms with Gasteiger partial charge in [0, 0.05) is 42.8 Å². The number of aromatic nitrogens is 4. The van der Waals surface area contributed by atoms with E-state index in [1.165, 1.54) is 24.0 Å². The highest BCUT2D eigenvalue weighted by molar-refractivity contribution is 7.90. The van der Waals surface area contributed by atoms with Crippen LogP contribution >= 0.6 is 0 Å². The van der Waals surface area contributed by atoms with Gasteiger partial charge in [0.05, 0.1) is 10.6 Å². The van der Waals surface area contributed by atoms with E-state index >= 15 is 0 Å². The van der Waals surface area contributed by atoms with E-state index < -0.39 is 21.7 Å². The minimum absolute atomic E-state index is 0.128. The van der Waals surface area contributed by atoms with Crippen molar-refractivity contribution in [3.63, 3.8) is 0 Å². The molecule has 2 aromatic carbocycles. The van der Waals surface area contributed by atoms with Crippen LogP contribution in [0.25, 0.3) is 39.4 Å². The summed E-state index contributed by atoms with van der Waals surface area (Å²) in [5, 5.41) is 0. The van der Waals surface area contributed by atoms with Crippen LogP contribution < -0.4 is 4.74 Å². The van der Waals surface area contributed by atoms with Crippen molar-refractivity contribution in [3.8, 4) is 45.3 Å². The summed E-state index contributed by atoms with van der Waals surface area (Å²) in [6.45, 7) is 3.18. The number of benzene rings is 2. The van der Waals surface area contributed by atoms with E-state index in [1.54, 1.807) is 55.6 Å². The molecule has 6 rings (SSSR count). The Bertz CT molecular complexity index is 1960. The first-order valence-electron chi connectivity index (χ1n) is 14.6. The van der Waals surface area contributed by atoms with Crippen LogP contribution in [-0.2, 0) is 16.0 Å². The van der Waals surface area contributed by atoms with E-state index in [4.69, 9.17) is 9.15 Å². The number of sulfone groups is 1. The van der Waals surface area contributed by atoms with E-state index in [2.05, 4.69) is 15.0 Å². The number of rotatable bonds is 7. The van der Waals surface area contributed by atoms with Gasteiger partial charge >= 0.3 is 6.18 Å². The van der Waals surface area contributed by atoms with Gasteiger partial charge in [-0.15, -0.1) is 0 Å². The molecule has 3 heterocycles. The molecular weight excluding hydrogens is 605 g/mol. The molecule has 0 unspecified atom stereocenters. The van der Waals surface area contributed by atoms with Crippen LogP contribution in [0.3, 0.4) is 0 Å². The van der Waals surface area contributed by atoms with Crippen LogP contribution in [0.2, 0.25) is 0 Å². The summed E-state index contributed by atoms with van der Waals surface area (Å²) in [5.41, 5.74) is 2.05. The van der Waals surface area contributed by atoms with Crippen molar-refractivity contribution in [2.24, 2.45) is 0 Å². The van der Waals surface area contributed by atoms with Crippen LogP contribution in [0, 0.1) is 13.8 Å². The number of pyridine rings is 1. The first-order valence-corrected chi connectivity index (χ1v) is 16.4. The third-order valence-corrected chi connectivity index (χ3v) is 8.96. The number of ether oxygens (including phenoxy) is 1. The molecule has 0 amide bonds. The Labute approximate surface area is 258 Å². The van der Waals surface area contributed by atoms with E-state index in [0.717, 1.165) is 38.1 Å². The monoisotopic (exact) mass is 636 g/mol. The van der Waals surface area contributed by atoms with Gasteiger partial charge in [0.2, 0.25) is 5.88 Å². The lowest BCUT2D eigenvalue weighted by Gasteiger charge is -2.22. The summed E-state index contributed by atoms with van der Waals surface area (Å²) in [5.74, 6) is 1.35. The number of hydrogen-bond donors (Lipinski definition) is 0. The molecule has 0 atom stereocenters. The molecular formula is C33H31F3N4O4S. The quantitative estimate of drug-likeness (QED) is 0.178. The standard InChI is InChI=1S/C33H31F3N4O4S/c1-20-38-29(33(34,35)36)19-40(20)28-14-12-23(22-8-7-11-26(16-22)45(3,41)42)17-27(28)31-32(43-21(2)39-31)24-13-15-30(37-18-24)44-25-9-5-4-6-10-25/h7-8,11-19,25H,4-6,9-10H2,1-3H3. The predicted molar refractivity (Wildman–Crippen MR) is 163 cm³/mol. The summed E-state index contributed by atoms with van der Waals surface area (Å²) in [7, 11) is -3.48. The fourth-order valence-electron chi connectivity index (χ4n) is 5.62. The molecule has 5 aromatic rings. The third kappa shape index (κ3) is 6.51. The molecule has 3 aromatic heterocycles. The van der Waals surface area contributed by atoms with E-state index in [-0.39, 0.29) is 16.8 Å². The van der Waals surface area contributed by atoms with Gasteiger partial charge in [0.15, 0.2) is 27.2 Å². The molecule has 0 N–H and O–H groups in total. The van der Waals surface area contributed by atoms with E-state index in [0.29, 0.717) is 51.2 Å². The molecule has 12 heteroatoms. The molecule has 0 bridgehead atoms. The van der Waals surface area contributed by atoms with E-state index in [1.807, 2.05) is 6.07 Å². The van der Waals surface area contributed by atoms with Gasteiger partial charge in [-0.05, 0) is 74.1 Å². The predicted octanol–water partition coefficient (Wildman–Crippen LogP) is 8.01. The van der Waals surface area contributed by atoms with Crippen LogP contribution in [0.15, 0.2) is 76.3 Å². The largest absolute Gasteiger partial charge is 0.474 e. The summed E-state index contributed by atoms with van der Waals surface area (Å²) in [6, 6.07) is 15.2. The number of aryl methyl sites for hydroxylation is 2. The highest BCUT2D eigenvalue weighted by Crippen LogP contribution is 2.40. The average Bonchev–Trinajstić information content (AvgIpc) is 3.60. The van der Waals surface area contributed by atoms with Gasteiger partial charge in [-0.25, -0.2) is 23.4 Å². The molecule has 45 heavy (non-hydrogen) atoms. The van der Waals surface area contributed by atoms with Crippen LogP contribution in [0.1, 0.15) is 49.5 Å². The first kappa shape index (κ1) is 30.6. The van der Waals surface area contributed by atoms with Gasteiger partial charge < -0.3 is 13.7 Å². The molecule has 0 spiro atoms. The van der Waals surface area contributed by atoms with Crippen molar-refractivity contribution in [2.75, 3.05) is 6.26 Å². The first-order chi connectivity index (χ1) is 21.4. The number of imidazole rings is 1. The molecule has 1 fully saturated rings. The molecule has 1 aliphatic rings. The second-order valence-electron chi connectivity index (χ2n) is 11.2. The van der Waals surface area contributed by atoms with Crippen LogP contribution in [0.5, 0.6) is 5.88 Å². The van der Waals surface area contributed by atoms with Crippen molar-refractivity contribution >= 4 is 9.84 Å². The van der Waals surface area contributed by atoms with E-state index in [9.17, 15) is 21.6 Å². The SMILES string of the molecule is Cc1nc(-c2cc(-c3cccc(S(C)(=O)=O)c3)ccc2-n2cc(C(F)(F)F)nc2C)c(-c2ccc(OC3CCCCC3)nc2)o1. The lowest BCUT2D eigenvalue weighted by molar-refractivity contribution is -0.141. The van der Waals surface area contributed by atoms with Crippen LogP contribution in [0.4, 0.5) is 13.2 Å². The lowest BCUT2D eigenvalue weighted by atomic mass is 9.98. The average molecular weight is 637 g/mol. The maximum atomic E-state index is 13.6. The van der Waals surface area contributed by atoms with Gasteiger partial charge in [-0.3, -0.25) is 0 Å². The Morgan fingerprint density at radius 3 is 2.33 bits per heavy atom. The van der Waals surface area contributed by atoms with Gasteiger partial charge in [-0.2, -0.15) is 13.2 Å². The van der Waals surface area contributed by atoms with Crippen molar-refractivity contribution < 1.29 is 30.7 Å². The maximum Gasteiger partial charge on any atom is 0.434 e. The van der Waals surface area contributed by atoms with Crippen molar-refractivity contribution in [1.29, 1.82) is 0 Å². The Morgan fingerprint density at radius 2 is 1.67 bits per heavy atom.